The predicted octanol–water partition coefficient (Wildman–Crippen LogP) is 11.4. The molecule has 0 amide bonds. The van der Waals surface area contributed by atoms with Crippen LogP contribution >= 0.6 is 11.6 Å². The summed E-state index contributed by atoms with van der Waals surface area (Å²) in [6.45, 7) is 15.6. The fraction of sp³-hybridized carbons (Fsp3) is 0.413. The lowest BCUT2D eigenvalue weighted by Crippen LogP contribution is -2.52. The van der Waals surface area contributed by atoms with E-state index in [1.807, 2.05) is 48.5 Å². The van der Waals surface area contributed by atoms with Crippen LogP contribution in [0.5, 0.6) is 17.2 Å². The summed E-state index contributed by atoms with van der Waals surface area (Å²) in [5, 5.41) is 10.3. The zero-order valence-corrected chi connectivity index (χ0v) is 32.4. The molecular weight excluding hydrogens is 682 g/mol. The number of halogens is 1. The first-order valence-electron chi connectivity index (χ1n) is 19.1. The second-order valence-electron chi connectivity index (χ2n) is 15.6. The van der Waals surface area contributed by atoms with Gasteiger partial charge in [-0.05, 0) is 105 Å². The van der Waals surface area contributed by atoms with Crippen molar-refractivity contribution >= 4 is 17.6 Å². The van der Waals surface area contributed by atoms with Crippen LogP contribution in [0.3, 0.4) is 0 Å². The molecule has 0 saturated carbocycles. The molecule has 2 heterocycles. The van der Waals surface area contributed by atoms with Crippen molar-refractivity contribution in [1.29, 1.82) is 0 Å². The molecule has 4 aromatic rings. The Balaban J connectivity index is 1.26. The number of rotatable bonds is 14. The molecule has 6 nitrogen and oxygen atoms in total. The molecule has 0 bridgehead atoms. The van der Waals surface area contributed by atoms with E-state index in [9.17, 15) is 9.90 Å². The summed E-state index contributed by atoms with van der Waals surface area (Å²) in [5.41, 5.74) is 5.20. The van der Waals surface area contributed by atoms with E-state index < -0.39 is 12.6 Å². The van der Waals surface area contributed by atoms with E-state index in [0.29, 0.717) is 10.8 Å². The Morgan fingerprint density at radius 1 is 0.962 bits per heavy atom. The number of aliphatic carboxylic acids is 1. The second-order valence-corrected chi connectivity index (χ2v) is 16.0. The highest BCUT2D eigenvalue weighted by atomic mass is 35.5. The summed E-state index contributed by atoms with van der Waals surface area (Å²) in [6.07, 6.45) is 5.94. The van der Waals surface area contributed by atoms with Crippen LogP contribution < -0.4 is 9.47 Å². The number of carboxylic acids is 1. The summed E-state index contributed by atoms with van der Waals surface area (Å²) in [7, 11) is 0. The van der Waals surface area contributed by atoms with E-state index in [1.54, 1.807) is 0 Å². The summed E-state index contributed by atoms with van der Waals surface area (Å²) in [4.78, 5) is 14.2. The summed E-state index contributed by atoms with van der Waals surface area (Å²) >= 11 is 6.11. The van der Waals surface area contributed by atoms with Crippen LogP contribution in [0.1, 0.15) is 94.6 Å². The summed E-state index contributed by atoms with van der Waals surface area (Å²) in [6, 6.07) is 32.5. The van der Waals surface area contributed by atoms with Crippen molar-refractivity contribution in [3.05, 3.63) is 136 Å². The number of likely N-dealkylation sites (tertiary alicyclic amines) is 1. The van der Waals surface area contributed by atoms with Crippen molar-refractivity contribution in [2.75, 3.05) is 19.7 Å². The standard InChI is InChI=1S/C46H54ClNO5/c1-6-7-17-42-46(24-26-48(27-25-46)30-33-13-11-12-16-40(33)52-37-21-19-36(47)20-22-37)29-39(32(2)3)44(53-42)38-28-35(18-23-41(38)51-31-43(49)50)45(4,5)34-14-9-8-10-15-34/h8-16,18-23,28,39,42,44H,2,6-7,17,24-27,29-31H2,1,3-5H3,(H,49,50)/t39-,42+,44-/m0/s1. The van der Waals surface area contributed by atoms with Crippen molar-refractivity contribution in [3.63, 3.8) is 0 Å². The zero-order valence-electron chi connectivity index (χ0n) is 31.7. The van der Waals surface area contributed by atoms with Gasteiger partial charge in [-0.1, -0.05) is 112 Å². The topological polar surface area (TPSA) is 68.2 Å². The fourth-order valence-electron chi connectivity index (χ4n) is 8.32. The fourth-order valence-corrected chi connectivity index (χ4v) is 8.44. The number of carbonyl (C=O) groups is 1. The van der Waals surface area contributed by atoms with Gasteiger partial charge in [0.2, 0.25) is 0 Å². The average Bonchev–Trinajstić information content (AvgIpc) is 3.16. The molecule has 2 saturated heterocycles. The van der Waals surface area contributed by atoms with Gasteiger partial charge in [0.1, 0.15) is 17.2 Å². The lowest BCUT2D eigenvalue weighted by Gasteiger charge is -2.54. The first kappa shape index (κ1) is 38.6. The third-order valence-corrected chi connectivity index (χ3v) is 11.8. The van der Waals surface area contributed by atoms with Gasteiger partial charge in [0.25, 0.3) is 0 Å². The Labute approximate surface area is 320 Å². The van der Waals surface area contributed by atoms with Gasteiger partial charge in [-0.15, -0.1) is 0 Å². The number of benzene rings is 4. The highest BCUT2D eigenvalue weighted by molar-refractivity contribution is 6.30. The molecule has 6 rings (SSSR count). The molecule has 2 aliphatic heterocycles. The molecule has 2 fully saturated rings. The van der Waals surface area contributed by atoms with Gasteiger partial charge in [-0.3, -0.25) is 4.90 Å². The molecule has 0 radical (unpaired) electrons. The lowest BCUT2D eigenvalue weighted by molar-refractivity contribution is -0.173. The molecule has 1 spiro atoms. The second kappa shape index (κ2) is 16.9. The minimum atomic E-state index is -1.00. The molecular formula is C46H54ClNO5. The predicted molar refractivity (Wildman–Crippen MR) is 213 cm³/mol. The first-order valence-corrected chi connectivity index (χ1v) is 19.5. The minimum Gasteiger partial charge on any atom is -0.482 e. The van der Waals surface area contributed by atoms with Crippen LogP contribution in [-0.2, 0) is 21.5 Å². The van der Waals surface area contributed by atoms with Gasteiger partial charge in [0.15, 0.2) is 6.61 Å². The smallest absolute Gasteiger partial charge is 0.341 e. The minimum absolute atomic E-state index is 0.00805. The number of piperidine rings is 1. The number of carboxylic acid groups (broad SMARTS) is 1. The number of hydrogen-bond donors (Lipinski definition) is 1. The average molecular weight is 736 g/mol. The molecule has 3 atom stereocenters. The largest absolute Gasteiger partial charge is 0.482 e. The van der Waals surface area contributed by atoms with Crippen molar-refractivity contribution in [3.8, 4) is 17.2 Å². The Morgan fingerprint density at radius 2 is 1.66 bits per heavy atom. The third-order valence-electron chi connectivity index (χ3n) is 11.6. The lowest BCUT2D eigenvalue weighted by atomic mass is 9.62. The van der Waals surface area contributed by atoms with Crippen LogP contribution in [0, 0.1) is 11.3 Å². The van der Waals surface area contributed by atoms with Gasteiger partial charge in [0, 0.05) is 34.0 Å². The van der Waals surface area contributed by atoms with Crippen LogP contribution in [0.15, 0.2) is 109 Å². The van der Waals surface area contributed by atoms with E-state index in [1.165, 1.54) is 5.56 Å². The number of para-hydroxylation sites is 1. The highest BCUT2D eigenvalue weighted by Gasteiger charge is 2.50. The summed E-state index contributed by atoms with van der Waals surface area (Å²) in [5.74, 6) is 1.24. The molecule has 1 N–H and O–H groups in total. The number of hydrogen-bond acceptors (Lipinski definition) is 5. The molecule has 280 valence electrons. The quantitative estimate of drug-likeness (QED) is 0.130. The van der Waals surface area contributed by atoms with Crippen LogP contribution in [0.2, 0.25) is 5.02 Å². The third kappa shape index (κ3) is 9.00. The molecule has 7 heteroatoms. The molecule has 0 aromatic heterocycles. The van der Waals surface area contributed by atoms with Gasteiger partial charge < -0.3 is 19.3 Å². The number of ether oxygens (including phenoxy) is 3. The normalized spacial score (nSPS) is 20.2. The van der Waals surface area contributed by atoms with E-state index in [2.05, 4.69) is 87.7 Å². The van der Waals surface area contributed by atoms with E-state index in [4.69, 9.17) is 25.8 Å². The van der Waals surface area contributed by atoms with E-state index in [-0.39, 0.29) is 29.0 Å². The highest BCUT2D eigenvalue weighted by Crippen LogP contribution is 2.55. The molecule has 53 heavy (non-hydrogen) atoms. The maximum Gasteiger partial charge on any atom is 0.341 e. The van der Waals surface area contributed by atoms with Crippen LogP contribution in [0.25, 0.3) is 0 Å². The SMILES string of the molecule is C=C(C)[C@@H]1CC2(CCN(Cc3ccccc3Oc3ccc(Cl)cc3)CC2)[C@@H](CCCC)O[C@H]1c1cc(C(C)(C)c2ccccc2)ccc1OCC(=O)O. The maximum atomic E-state index is 11.7. The zero-order chi connectivity index (χ0) is 37.6. The van der Waals surface area contributed by atoms with E-state index in [0.717, 1.165) is 91.9 Å². The number of unbranched alkanes of at least 4 members (excludes halogenated alkanes) is 1. The van der Waals surface area contributed by atoms with E-state index >= 15 is 0 Å². The Morgan fingerprint density at radius 3 is 2.34 bits per heavy atom. The summed E-state index contributed by atoms with van der Waals surface area (Å²) < 4.78 is 19.7. The van der Waals surface area contributed by atoms with Crippen molar-refractivity contribution < 1.29 is 24.1 Å². The number of nitrogens with zero attached hydrogens (tertiary/aromatic N) is 1. The van der Waals surface area contributed by atoms with Gasteiger partial charge in [0.05, 0.1) is 12.2 Å². The first-order chi connectivity index (χ1) is 25.5. The molecule has 0 aliphatic carbocycles. The van der Waals surface area contributed by atoms with Crippen molar-refractivity contribution in [1.82, 2.24) is 4.90 Å². The van der Waals surface area contributed by atoms with Gasteiger partial charge >= 0.3 is 5.97 Å². The van der Waals surface area contributed by atoms with Crippen LogP contribution in [0.4, 0.5) is 0 Å². The monoisotopic (exact) mass is 735 g/mol. The molecule has 2 aliphatic rings. The Kier molecular flexibility index (Phi) is 12.3. The Bertz CT molecular complexity index is 1850. The maximum absolute atomic E-state index is 11.7. The van der Waals surface area contributed by atoms with Gasteiger partial charge in [-0.25, -0.2) is 4.79 Å². The van der Waals surface area contributed by atoms with Crippen molar-refractivity contribution in [2.24, 2.45) is 11.3 Å². The van der Waals surface area contributed by atoms with Crippen molar-refractivity contribution in [2.45, 2.75) is 90.4 Å². The molecule has 4 aromatic carbocycles. The molecule has 0 unspecified atom stereocenters. The van der Waals surface area contributed by atoms with Crippen LogP contribution in [-0.4, -0.2) is 41.8 Å². The van der Waals surface area contributed by atoms with Gasteiger partial charge in [-0.2, -0.15) is 0 Å². The Hall–Kier alpha value is -4.10.